The van der Waals surface area contributed by atoms with Crippen molar-refractivity contribution in [3.63, 3.8) is 0 Å². The fourth-order valence-corrected chi connectivity index (χ4v) is 4.53. The van der Waals surface area contributed by atoms with E-state index < -0.39 is 0 Å². The fourth-order valence-electron chi connectivity index (χ4n) is 4.53. The first kappa shape index (κ1) is 18.7. The van der Waals surface area contributed by atoms with Gasteiger partial charge >= 0.3 is 0 Å². The molecule has 0 fully saturated rings. The van der Waals surface area contributed by atoms with E-state index in [9.17, 15) is 0 Å². The largest absolute Gasteiger partial charge is 0.361 e. The van der Waals surface area contributed by atoms with Crippen molar-refractivity contribution in [3.05, 3.63) is 107 Å². The van der Waals surface area contributed by atoms with Crippen molar-refractivity contribution < 1.29 is 0 Å². The molecule has 0 aliphatic carbocycles. The minimum atomic E-state index is 0.172. The lowest BCUT2D eigenvalue weighted by molar-refractivity contribution is 0.590. The lowest BCUT2D eigenvalue weighted by atomic mass is 9.83. The molecule has 5 aromatic rings. The van der Waals surface area contributed by atoms with Crippen molar-refractivity contribution in [1.29, 1.82) is 0 Å². The van der Waals surface area contributed by atoms with Crippen LogP contribution in [-0.4, -0.2) is 9.97 Å². The summed E-state index contributed by atoms with van der Waals surface area (Å²) in [4.78, 5) is 6.97. The molecular formula is C28H28N2. The monoisotopic (exact) mass is 392 g/mol. The van der Waals surface area contributed by atoms with Crippen molar-refractivity contribution in [2.75, 3.05) is 0 Å². The van der Waals surface area contributed by atoms with Crippen LogP contribution < -0.4 is 0 Å². The van der Waals surface area contributed by atoms with Gasteiger partial charge in [0, 0.05) is 40.1 Å². The SMILES string of the molecule is CC(C)(C)c1ccc(CC(c2c[nH]c3ccccc23)c2c[nH]c3ccccc23)cc1. The Labute approximate surface area is 178 Å². The highest BCUT2D eigenvalue weighted by molar-refractivity contribution is 5.88. The maximum absolute atomic E-state index is 3.48. The molecule has 0 aliphatic heterocycles. The summed E-state index contributed by atoms with van der Waals surface area (Å²) >= 11 is 0. The van der Waals surface area contributed by atoms with Gasteiger partial charge in [-0.2, -0.15) is 0 Å². The predicted octanol–water partition coefficient (Wildman–Crippen LogP) is 7.32. The maximum Gasteiger partial charge on any atom is 0.0457 e. The van der Waals surface area contributed by atoms with Gasteiger partial charge in [0.15, 0.2) is 0 Å². The zero-order chi connectivity index (χ0) is 20.7. The van der Waals surface area contributed by atoms with Crippen LogP contribution in [0.2, 0.25) is 0 Å². The lowest BCUT2D eigenvalue weighted by Gasteiger charge is -2.21. The van der Waals surface area contributed by atoms with Gasteiger partial charge in [-0.15, -0.1) is 0 Å². The molecule has 0 bridgehead atoms. The average molecular weight is 393 g/mol. The summed E-state index contributed by atoms with van der Waals surface area (Å²) in [6.07, 6.45) is 5.36. The number of hydrogen-bond acceptors (Lipinski definition) is 0. The van der Waals surface area contributed by atoms with Gasteiger partial charge in [0.05, 0.1) is 0 Å². The van der Waals surface area contributed by atoms with E-state index in [4.69, 9.17) is 0 Å². The molecular weight excluding hydrogens is 364 g/mol. The number of aromatic nitrogens is 2. The molecule has 0 amide bonds. The van der Waals surface area contributed by atoms with Gasteiger partial charge in [-0.25, -0.2) is 0 Å². The van der Waals surface area contributed by atoms with Gasteiger partial charge in [0.1, 0.15) is 0 Å². The van der Waals surface area contributed by atoms with E-state index in [1.165, 1.54) is 44.1 Å². The van der Waals surface area contributed by atoms with Gasteiger partial charge in [-0.3, -0.25) is 0 Å². The Kier molecular flexibility index (Phi) is 4.51. The molecule has 30 heavy (non-hydrogen) atoms. The Morgan fingerprint density at radius 2 is 1.17 bits per heavy atom. The van der Waals surface area contributed by atoms with E-state index in [1.807, 2.05) is 0 Å². The van der Waals surface area contributed by atoms with Gasteiger partial charge < -0.3 is 9.97 Å². The summed E-state index contributed by atoms with van der Waals surface area (Å²) in [5, 5.41) is 2.61. The average Bonchev–Trinajstić information content (AvgIpc) is 3.36. The minimum absolute atomic E-state index is 0.172. The van der Waals surface area contributed by atoms with Crippen LogP contribution in [0.5, 0.6) is 0 Å². The maximum atomic E-state index is 3.48. The summed E-state index contributed by atoms with van der Waals surface area (Å²) in [5.74, 6) is 0.276. The van der Waals surface area contributed by atoms with Crippen molar-refractivity contribution in [2.45, 2.75) is 38.5 Å². The molecule has 2 heterocycles. The molecule has 0 spiro atoms. The summed E-state index contributed by atoms with van der Waals surface area (Å²) < 4.78 is 0. The second-order valence-corrected chi connectivity index (χ2v) is 9.28. The summed E-state index contributed by atoms with van der Waals surface area (Å²) in [6.45, 7) is 6.80. The van der Waals surface area contributed by atoms with Crippen LogP contribution in [0.15, 0.2) is 85.2 Å². The quantitative estimate of drug-likeness (QED) is 0.321. The Hall–Kier alpha value is -3.26. The van der Waals surface area contributed by atoms with E-state index in [0.717, 1.165) is 6.42 Å². The molecule has 5 rings (SSSR count). The van der Waals surface area contributed by atoms with Gasteiger partial charge in [-0.05, 0) is 46.2 Å². The number of nitrogens with one attached hydrogen (secondary N) is 2. The van der Waals surface area contributed by atoms with Crippen LogP contribution in [0.3, 0.4) is 0 Å². The normalized spacial score (nSPS) is 12.3. The molecule has 0 aliphatic rings. The second-order valence-electron chi connectivity index (χ2n) is 9.28. The molecule has 2 nitrogen and oxygen atoms in total. The molecule has 0 saturated heterocycles. The van der Waals surface area contributed by atoms with E-state index in [2.05, 4.69) is 116 Å². The number of H-pyrrole nitrogens is 2. The van der Waals surface area contributed by atoms with Crippen LogP contribution in [-0.2, 0) is 11.8 Å². The van der Waals surface area contributed by atoms with E-state index >= 15 is 0 Å². The number of benzene rings is 3. The van der Waals surface area contributed by atoms with E-state index in [1.54, 1.807) is 0 Å². The van der Waals surface area contributed by atoms with Crippen molar-refractivity contribution in [1.82, 2.24) is 9.97 Å². The molecule has 0 unspecified atom stereocenters. The zero-order valence-corrected chi connectivity index (χ0v) is 17.9. The second kappa shape index (κ2) is 7.21. The Morgan fingerprint density at radius 3 is 1.67 bits per heavy atom. The van der Waals surface area contributed by atoms with Crippen LogP contribution in [0.4, 0.5) is 0 Å². The third-order valence-electron chi connectivity index (χ3n) is 6.25. The van der Waals surface area contributed by atoms with Gasteiger partial charge in [0.25, 0.3) is 0 Å². The van der Waals surface area contributed by atoms with Gasteiger partial charge in [-0.1, -0.05) is 81.4 Å². The van der Waals surface area contributed by atoms with Crippen LogP contribution >= 0.6 is 0 Å². The van der Waals surface area contributed by atoms with Gasteiger partial charge in [0.2, 0.25) is 0 Å². The predicted molar refractivity (Wildman–Crippen MR) is 127 cm³/mol. The summed E-state index contributed by atoms with van der Waals surface area (Å²) in [5.41, 5.74) is 8.02. The van der Waals surface area contributed by atoms with E-state index in [-0.39, 0.29) is 11.3 Å². The zero-order valence-electron chi connectivity index (χ0n) is 17.9. The van der Waals surface area contributed by atoms with Crippen LogP contribution in [0.1, 0.15) is 48.9 Å². The fraction of sp³-hybridized carbons (Fsp3) is 0.214. The first-order chi connectivity index (χ1) is 14.5. The highest BCUT2D eigenvalue weighted by Gasteiger charge is 2.22. The standard InChI is InChI=1S/C28H28N2/c1-28(2,3)20-14-12-19(13-15-20)16-23(24-17-29-26-10-6-4-8-21(24)26)25-18-30-27-11-7-5-9-22(25)27/h4-15,17-18,23,29-30H,16H2,1-3H3. The molecule has 2 aromatic heterocycles. The number of para-hydroxylation sites is 2. The number of aromatic amines is 2. The topological polar surface area (TPSA) is 31.6 Å². The summed E-state index contributed by atoms with van der Waals surface area (Å²) in [7, 11) is 0. The molecule has 2 heteroatoms. The Bertz CT molecular complexity index is 1220. The molecule has 0 atom stereocenters. The first-order valence-corrected chi connectivity index (χ1v) is 10.7. The van der Waals surface area contributed by atoms with Crippen molar-refractivity contribution in [3.8, 4) is 0 Å². The third kappa shape index (κ3) is 3.33. The summed E-state index contributed by atoms with van der Waals surface area (Å²) in [6, 6.07) is 26.4. The third-order valence-corrected chi connectivity index (χ3v) is 6.25. The highest BCUT2D eigenvalue weighted by Crippen LogP contribution is 2.37. The van der Waals surface area contributed by atoms with Crippen LogP contribution in [0, 0.1) is 0 Å². The first-order valence-electron chi connectivity index (χ1n) is 10.7. The van der Waals surface area contributed by atoms with Crippen molar-refractivity contribution >= 4 is 21.8 Å². The molecule has 150 valence electrons. The molecule has 3 aromatic carbocycles. The lowest BCUT2D eigenvalue weighted by Crippen LogP contribution is -2.11. The molecule has 0 radical (unpaired) electrons. The Balaban J connectivity index is 1.62. The smallest absolute Gasteiger partial charge is 0.0457 e. The Morgan fingerprint density at radius 1 is 0.667 bits per heavy atom. The number of hydrogen-bond donors (Lipinski definition) is 2. The minimum Gasteiger partial charge on any atom is -0.361 e. The van der Waals surface area contributed by atoms with Crippen LogP contribution in [0.25, 0.3) is 21.8 Å². The van der Waals surface area contributed by atoms with E-state index in [0.29, 0.717) is 0 Å². The number of rotatable bonds is 4. The molecule has 2 N–H and O–H groups in total. The van der Waals surface area contributed by atoms with Crippen molar-refractivity contribution in [2.24, 2.45) is 0 Å². The molecule has 0 saturated carbocycles. The highest BCUT2D eigenvalue weighted by atomic mass is 14.7. The number of fused-ring (bicyclic) bond motifs is 2.